The molecule has 2 atom stereocenters. The molecule has 2 fully saturated rings. The van der Waals surface area contributed by atoms with Crippen LogP contribution in [0.15, 0.2) is 0 Å². The van der Waals surface area contributed by atoms with Crippen LogP contribution in [0.3, 0.4) is 0 Å². The first-order valence-electron chi connectivity index (χ1n) is 6.30. The predicted octanol–water partition coefficient (Wildman–Crippen LogP) is 1.28. The maximum Gasteiger partial charge on any atom is 0.226 e. The molecule has 0 aromatic rings. The van der Waals surface area contributed by atoms with Crippen molar-refractivity contribution in [2.45, 2.75) is 51.1 Å². The van der Waals surface area contributed by atoms with Crippen LogP contribution in [0.5, 0.6) is 0 Å². The van der Waals surface area contributed by atoms with E-state index in [1.165, 1.54) is 0 Å². The van der Waals surface area contributed by atoms with Crippen LogP contribution in [0.4, 0.5) is 8.78 Å². The molecule has 1 aliphatic carbocycles. The summed E-state index contributed by atoms with van der Waals surface area (Å²) in [7, 11) is 0. The molecule has 17 heavy (non-hydrogen) atoms. The largest absolute Gasteiger partial charge is 0.338 e. The van der Waals surface area contributed by atoms with Gasteiger partial charge in [-0.15, -0.1) is 0 Å². The van der Waals surface area contributed by atoms with Gasteiger partial charge in [-0.25, -0.2) is 8.78 Å². The van der Waals surface area contributed by atoms with E-state index in [1.807, 2.05) is 13.8 Å². The van der Waals surface area contributed by atoms with Gasteiger partial charge in [0.05, 0.1) is 12.6 Å². The van der Waals surface area contributed by atoms with Gasteiger partial charge in [-0.2, -0.15) is 0 Å². The van der Waals surface area contributed by atoms with Crippen LogP contribution in [0.1, 0.15) is 26.7 Å². The van der Waals surface area contributed by atoms with Crippen LogP contribution < -0.4 is 5.32 Å². The summed E-state index contributed by atoms with van der Waals surface area (Å²) in [5.74, 6) is -0.287. The van der Waals surface area contributed by atoms with E-state index in [9.17, 15) is 13.6 Å². The zero-order valence-corrected chi connectivity index (χ0v) is 10.3. The summed E-state index contributed by atoms with van der Waals surface area (Å²) < 4.78 is 26.4. The Labute approximate surface area is 101 Å². The summed E-state index contributed by atoms with van der Waals surface area (Å²) in [6, 6.07) is -0.0765. The van der Waals surface area contributed by atoms with Crippen LogP contribution in [0, 0.1) is 5.92 Å². The summed E-state index contributed by atoms with van der Waals surface area (Å²) in [4.78, 5) is 13.5. The number of alkyl halides is 2. The minimum atomic E-state index is -1.01. The van der Waals surface area contributed by atoms with Crippen LogP contribution in [0.25, 0.3) is 0 Å². The van der Waals surface area contributed by atoms with E-state index in [1.54, 1.807) is 4.90 Å². The molecular formula is C12H20F2N2O. The van der Waals surface area contributed by atoms with Crippen molar-refractivity contribution in [1.82, 2.24) is 10.2 Å². The second-order valence-electron chi connectivity index (χ2n) is 5.45. The van der Waals surface area contributed by atoms with Crippen molar-refractivity contribution in [3.05, 3.63) is 0 Å². The summed E-state index contributed by atoms with van der Waals surface area (Å²) >= 11 is 0. The number of rotatable bonds is 3. The predicted molar refractivity (Wildman–Crippen MR) is 61.2 cm³/mol. The Balaban J connectivity index is 1.85. The smallest absolute Gasteiger partial charge is 0.226 e. The molecule has 98 valence electrons. The average Bonchev–Trinajstić information content (AvgIpc) is 2.54. The Hall–Kier alpha value is -0.710. The molecule has 2 aliphatic rings. The molecule has 1 amide bonds. The maximum atomic E-state index is 13.7. The molecule has 5 heteroatoms. The lowest BCUT2D eigenvalue weighted by Crippen LogP contribution is -2.44. The summed E-state index contributed by atoms with van der Waals surface area (Å²) in [5.41, 5.74) is 0. The molecule has 0 bridgehead atoms. The first-order valence-corrected chi connectivity index (χ1v) is 6.30. The van der Waals surface area contributed by atoms with Gasteiger partial charge in [-0.05, 0) is 12.8 Å². The summed E-state index contributed by atoms with van der Waals surface area (Å²) in [6.07, 6.45) is -1.22. The fourth-order valence-corrected chi connectivity index (χ4v) is 2.54. The number of amides is 1. The summed E-state index contributed by atoms with van der Waals surface area (Å²) in [5, 5.41) is 3.12. The number of nitrogens with zero attached hydrogens (tertiary/aromatic N) is 1. The van der Waals surface area contributed by atoms with Crippen molar-refractivity contribution in [3.63, 3.8) is 0 Å². The van der Waals surface area contributed by atoms with Crippen LogP contribution >= 0.6 is 0 Å². The minimum absolute atomic E-state index is 0.0744. The van der Waals surface area contributed by atoms with Gasteiger partial charge in [0.15, 0.2) is 0 Å². The molecule has 0 unspecified atom stereocenters. The molecule has 2 rings (SSSR count). The van der Waals surface area contributed by atoms with E-state index in [2.05, 4.69) is 5.32 Å². The standard InChI is InChI=1S/C12H20F2N2O/c1-7(2)15-11-6-16(5-10(11)14)12(17)8-3-9(13)4-8/h7-11,15H,3-6H2,1-2H3/t8?,9?,10-,11+/m0/s1. The third kappa shape index (κ3) is 2.76. The quantitative estimate of drug-likeness (QED) is 0.813. The van der Waals surface area contributed by atoms with Crippen molar-refractivity contribution in [2.75, 3.05) is 13.1 Å². The van der Waals surface area contributed by atoms with Crippen LogP contribution in [0.2, 0.25) is 0 Å². The van der Waals surface area contributed by atoms with Crippen molar-refractivity contribution < 1.29 is 13.6 Å². The number of likely N-dealkylation sites (tertiary alicyclic amines) is 1. The van der Waals surface area contributed by atoms with Gasteiger partial charge in [0.25, 0.3) is 0 Å². The van der Waals surface area contributed by atoms with Crippen molar-refractivity contribution in [1.29, 1.82) is 0 Å². The second kappa shape index (κ2) is 4.88. The fourth-order valence-electron chi connectivity index (χ4n) is 2.54. The highest BCUT2D eigenvalue weighted by Gasteiger charge is 2.42. The Morgan fingerprint density at radius 3 is 2.47 bits per heavy atom. The lowest BCUT2D eigenvalue weighted by atomic mass is 9.82. The van der Waals surface area contributed by atoms with Gasteiger partial charge in [0, 0.05) is 18.5 Å². The van der Waals surface area contributed by atoms with Gasteiger partial charge in [-0.1, -0.05) is 13.8 Å². The van der Waals surface area contributed by atoms with Gasteiger partial charge >= 0.3 is 0 Å². The van der Waals surface area contributed by atoms with Gasteiger partial charge in [0.1, 0.15) is 12.3 Å². The van der Waals surface area contributed by atoms with Gasteiger partial charge in [-0.3, -0.25) is 4.79 Å². The molecule has 3 nitrogen and oxygen atoms in total. The number of carbonyl (C=O) groups excluding carboxylic acids is 1. The second-order valence-corrected chi connectivity index (χ2v) is 5.45. The number of carbonyl (C=O) groups is 1. The van der Waals surface area contributed by atoms with E-state index >= 15 is 0 Å². The van der Waals surface area contributed by atoms with E-state index in [0.29, 0.717) is 19.4 Å². The molecule has 0 aromatic carbocycles. The van der Waals surface area contributed by atoms with Crippen molar-refractivity contribution in [3.8, 4) is 0 Å². The monoisotopic (exact) mass is 246 g/mol. The molecule has 1 saturated heterocycles. The number of hydrogen-bond acceptors (Lipinski definition) is 2. The van der Waals surface area contributed by atoms with Crippen molar-refractivity contribution in [2.24, 2.45) is 5.92 Å². The third-order valence-electron chi connectivity index (χ3n) is 3.54. The molecule has 1 saturated carbocycles. The Morgan fingerprint density at radius 2 is 1.94 bits per heavy atom. The lowest BCUT2D eigenvalue weighted by Gasteiger charge is -2.31. The van der Waals surface area contributed by atoms with Crippen LogP contribution in [-0.4, -0.2) is 48.3 Å². The van der Waals surface area contributed by atoms with E-state index in [0.717, 1.165) is 0 Å². The molecule has 1 N–H and O–H groups in total. The van der Waals surface area contributed by atoms with Crippen molar-refractivity contribution >= 4 is 5.91 Å². The highest BCUT2D eigenvalue weighted by Crippen LogP contribution is 2.32. The lowest BCUT2D eigenvalue weighted by molar-refractivity contribution is -0.139. The fraction of sp³-hybridized carbons (Fsp3) is 0.917. The molecule has 1 heterocycles. The highest BCUT2D eigenvalue weighted by atomic mass is 19.1. The minimum Gasteiger partial charge on any atom is -0.338 e. The SMILES string of the molecule is CC(C)N[C@@H]1CN(C(=O)C2CC(F)C2)C[C@@H]1F. The zero-order chi connectivity index (χ0) is 12.6. The third-order valence-corrected chi connectivity index (χ3v) is 3.54. The van der Waals surface area contributed by atoms with E-state index in [-0.39, 0.29) is 30.5 Å². The number of hydrogen-bond donors (Lipinski definition) is 1. The molecule has 1 aliphatic heterocycles. The van der Waals surface area contributed by atoms with Gasteiger partial charge in [0.2, 0.25) is 5.91 Å². The molecule has 0 aromatic heterocycles. The molecular weight excluding hydrogens is 226 g/mol. The van der Waals surface area contributed by atoms with Gasteiger partial charge < -0.3 is 10.2 Å². The number of nitrogens with one attached hydrogen (secondary N) is 1. The number of halogens is 2. The first kappa shape index (κ1) is 12.7. The first-order chi connectivity index (χ1) is 7.97. The highest BCUT2D eigenvalue weighted by molar-refractivity contribution is 5.80. The van der Waals surface area contributed by atoms with Crippen LogP contribution in [-0.2, 0) is 4.79 Å². The maximum absolute atomic E-state index is 13.7. The Kier molecular flexibility index (Phi) is 3.66. The average molecular weight is 246 g/mol. The van der Waals surface area contributed by atoms with E-state index < -0.39 is 12.3 Å². The summed E-state index contributed by atoms with van der Waals surface area (Å²) in [6.45, 7) is 4.47. The Morgan fingerprint density at radius 1 is 1.29 bits per heavy atom. The Bertz CT molecular complexity index is 292. The zero-order valence-electron chi connectivity index (χ0n) is 10.3. The normalized spacial score (nSPS) is 37.4. The molecule has 0 radical (unpaired) electrons. The molecule has 0 spiro atoms. The van der Waals surface area contributed by atoms with E-state index in [4.69, 9.17) is 0 Å². The topological polar surface area (TPSA) is 32.3 Å².